The molecule has 0 spiro atoms. The van der Waals surface area contributed by atoms with Crippen molar-refractivity contribution in [3.05, 3.63) is 59.2 Å². The van der Waals surface area contributed by atoms with Crippen molar-refractivity contribution in [3.8, 4) is 5.75 Å². The molecule has 0 aromatic heterocycles. The summed E-state index contributed by atoms with van der Waals surface area (Å²) in [6.07, 6.45) is 0. The van der Waals surface area contributed by atoms with Crippen molar-refractivity contribution in [2.75, 3.05) is 12.8 Å². The zero-order chi connectivity index (χ0) is 14.0. The molecule has 2 aromatic rings. The Kier molecular flexibility index (Phi) is 3.46. The van der Waals surface area contributed by atoms with E-state index in [2.05, 4.69) is 0 Å². The van der Waals surface area contributed by atoms with Gasteiger partial charge in [-0.25, -0.2) is 8.78 Å². The summed E-state index contributed by atoms with van der Waals surface area (Å²) >= 11 is 0. The molecule has 3 nitrogen and oxygen atoms in total. The number of ketones is 1. The van der Waals surface area contributed by atoms with E-state index in [-0.39, 0.29) is 16.8 Å². The average molecular weight is 263 g/mol. The first kappa shape index (κ1) is 13.0. The van der Waals surface area contributed by atoms with E-state index in [1.165, 1.54) is 19.2 Å². The molecule has 2 aromatic carbocycles. The molecule has 0 radical (unpaired) electrons. The lowest BCUT2D eigenvalue weighted by atomic mass is 10.0. The van der Waals surface area contributed by atoms with Crippen LogP contribution in [0.3, 0.4) is 0 Å². The fourth-order valence-electron chi connectivity index (χ4n) is 1.68. The van der Waals surface area contributed by atoms with Gasteiger partial charge in [0, 0.05) is 17.3 Å². The van der Waals surface area contributed by atoms with E-state index in [1.807, 2.05) is 0 Å². The van der Waals surface area contributed by atoms with Gasteiger partial charge in [0.2, 0.25) is 0 Å². The maximum atomic E-state index is 13.6. The van der Waals surface area contributed by atoms with E-state index < -0.39 is 17.4 Å². The van der Waals surface area contributed by atoms with Crippen LogP contribution in [0.5, 0.6) is 5.75 Å². The van der Waals surface area contributed by atoms with Crippen molar-refractivity contribution >= 4 is 11.5 Å². The number of anilines is 1. The lowest BCUT2D eigenvalue weighted by Crippen LogP contribution is -2.08. The predicted octanol–water partition coefficient (Wildman–Crippen LogP) is 2.79. The van der Waals surface area contributed by atoms with Crippen LogP contribution < -0.4 is 10.5 Å². The molecule has 0 saturated heterocycles. The number of nitrogen functional groups attached to an aromatic ring is 1. The summed E-state index contributed by atoms with van der Waals surface area (Å²) in [6, 6.07) is 7.27. The molecular formula is C14H11F2NO2. The summed E-state index contributed by atoms with van der Waals surface area (Å²) in [4.78, 5) is 12.2. The van der Waals surface area contributed by atoms with Crippen LogP contribution in [0, 0.1) is 11.6 Å². The third-order valence-electron chi connectivity index (χ3n) is 2.68. The van der Waals surface area contributed by atoms with Gasteiger partial charge in [-0.1, -0.05) is 0 Å². The summed E-state index contributed by atoms with van der Waals surface area (Å²) in [6.45, 7) is 0. The van der Waals surface area contributed by atoms with E-state index in [0.717, 1.165) is 12.1 Å². The first-order chi connectivity index (χ1) is 9.02. The lowest BCUT2D eigenvalue weighted by Gasteiger charge is -2.08. The van der Waals surface area contributed by atoms with Crippen molar-refractivity contribution in [1.29, 1.82) is 0 Å². The molecule has 0 aliphatic carbocycles. The van der Waals surface area contributed by atoms with Crippen molar-refractivity contribution in [3.63, 3.8) is 0 Å². The Morgan fingerprint density at radius 3 is 2.47 bits per heavy atom. The first-order valence-electron chi connectivity index (χ1n) is 5.46. The van der Waals surface area contributed by atoms with E-state index in [9.17, 15) is 13.6 Å². The molecule has 0 aliphatic rings. The van der Waals surface area contributed by atoms with Gasteiger partial charge in [0.25, 0.3) is 0 Å². The van der Waals surface area contributed by atoms with Crippen LogP contribution in [-0.4, -0.2) is 12.9 Å². The van der Waals surface area contributed by atoms with E-state index in [1.54, 1.807) is 6.07 Å². The topological polar surface area (TPSA) is 52.3 Å². The van der Waals surface area contributed by atoms with Gasteiger partial charge < -0.3 is 10.5 Å². The number of ether oxygens (including phenoxy) is 1. The number of halogens is 2. The van der Waals surface area contributed by atoms with Gasteiger partial charge in [-0.15, -0.1) is 0 Å². The molecule has 0 amide bonds. The summed E-state index contributed by atoms with van der Waals surface area (Å²) in [5.41, 5.74) is 5.77. The largest absolute Gasteiger partial charge is 0.497 e. The molecule has 0 bridgehead atoms. The van der Waals surface area contributed by atoms with Crippen molar-refractivity contribution in [2.45, 2.75) is 0 Å². The van der Waals surface area contributed by atoms with Crippen molar-refractivity contribution in [2.24, 2.45) is 0 Å². The van der Waals surface area contributed by atoms with Crippen LogP contribution in [0.2, 0.25) is 0 Å². The van der Waals surface area contributed by atoms with Crippen LogP contribution in [0.15, 0.2) is 36.4 Å². The molecule has 98 valence electrons. The second-order valence-corrected chi connectivity index (χ2v) is 3.91. The maximum Gasteiger partial charge on any atom is 0.198 e. The molecule has 0 atom stereocenters. The fraction of sp³-hybridized carbons (Fsp3) is 0.0714. The van der Waals surface area contributed by atoms with Crippen LogP contribution in [0.4, 0.5) is 14.5 Å². The standard InChI is InChI=1S/C14H11F2NO2/c1-19-9-3-5-13(17)11(7-9)14(18)10-4-2-8(15)6-12(10)16/h2-7H,17H2,1H3. The van der Waals surface area contributed by atoms with Crippen LogP contribution in [0.25, 0.3) is 0 Å². The summed E-state index contributed by atoms with van der Waals surface area (Å²) < 4.78 is 31.4. The predicted molar refractivity (Wildman–Crippen MR) is 67.2 cm³/mol. The van der Waals surface area contributed by atoms with Gasteiger partial charge in [0.05, 0.1) is 12.7 Å². The highest BCUT2D eigenvalue weighted by Crippen LogP contribution is 2.23. The van der Waals surface area contributed by atoms with Gasteiger partial charge in [-0.05, 0) is 30.3 Å². The van der Waals surface area contributed by atoms with Crippen LogP contribution in [-0.2, 0) is 0 Å². The highest BCUT2D eigenvalue weighted by molar-refractivity contribution is 6.12. The maximum absolute atomic E-state index is 13.6. The Bertz CT molecular complexity index is 641. The summed E-state index contributed by atoms with van der Waals surface area (Å²) in [5.74, 6) is -1.85. The number of hydrogen-bond acceptors (Lipinski definition) is 3. The number of carbonyl (C=O) groups is 1. The average Bonchev–Trinajstić information content (AvgIpc) is 2.38. The molecular weight excluding hydrogens is 252 g/mol. The Labute approximate surface area is 108 Å². The molecule has 0 fully saturated rings. The zero-order valence-electron chi connectivity index (χ0n) is 10.1. The van der Waals surface area contributed by atoms with Gasteiger partial charge in [-0.2, -0.15) is 0 Å². The number of nitrogens with two attached hydrogens (primary N) is 1. The van der Waals surface area contributed by atoms with E-state index in [0.29, 0.717) is 11.8 Å². The molecule has 5 heteroatoms. The third kappa shape index (κ3) is 2.54. The molecule has 2 rings (SSSR count). The van der Waals surface area contributed by atoms with E-state index >= 15 is 0 Å². The SMILES string of the molecule is COc1ccc(N)c(C(=O)c2ccc(F)cc2F)c1. The minimum absolute atomic E-state index is 0.116. The lowest BCUT2D eigenvalue weighted by molar-refractivity contribution is 0.103. The highest BCUT2D eigenvalue weighted by atomic mass is 19.1. The summed E-state index contributed by atoms with van der Waals surface area (Å²) in [7, 11) is 1.44. The molecule has 19 heavy (non-hydrogen) atoms. The third-order valence-corrected chi connectivity index (χ3v) is 2.68. The van der Waals surface area contributed by atoms with Crippen molar-refractivity contribution in [1.82, 2.24) is 0 Å². The minimum atomic E-state index is -0.924. The van der Waals surface area contributed by atoms with Gasteiger partial charge in [0.15, 0.2) is 5.78 Å². The normalized spacial score (nSPS) is 10.3. The molecule has 0 aliphatic heterocycles. The van der Waals surface area contributed by atoms with Crippen LogP contribution >= 0.6 is 0 Å². The van der Waals surface area contributed by atoms with Crippen LogP contribution in [0.1, 0.15) is 15.9 Å². The molecule has 0 unspecified atom stereocenters. The number of benzene rings is 2. The zero-order valence-corrected chi connectivity index (χ0v) is 10.1. The summed E-state index contributed by atoms with van der Waals surface area (Å²) in [5, 5.41) is 0. The van der Waals surface area contributed by atoms with Gasteiger partial charge in [0.1, 0.15) is 17.4 Å². The second-order valence-electron chi connectivity index (χ2n) is 3.91. The highest BCUT2D eigenvalue weighted by Gasteiger charge is 2.17. The Morgan fingerprint density at radius 2 is 1.84 bits per heavy atom. The van der Waals surface area contributed by atoms with Gasteiger partial charge >= 0.3 is 0 Å². The Hall–Kier alpha value is -2.43. The molecule has 2 N–H and O–H groups in total. The number of hydrogen-bond donors (Lipinski definition) is 1. The fourth-order valence-corrected chi connectivity index (χ4v) is 1.68. The smallest absolute Gasteiger partial charge is 0.198 e. The first-order valence-corrected chi connectivity index (χ1v) is 5.46. The minimum Gasteiger partial charge on any atom is -0.497 e. The van der Waals surface area contributed by atoms with Crippen molar-refractivity contribution < 1.29 is 18.3 Å². The monoisotopic (exact) mass is 263 g/mol. The molecule has 0 heterocycles. The Morgan fingerprint density at radius 1 is 1.11 bits per heavy atom. The molecule has 0 saturated carbocycles. The van der Waals surface area contributed by atoms with E-state index in [4.69, 9.17) is 10.5 Å². The number of methoxy groups -OCH3 is 1. The number of rotatable bonds is 3. The quantitative estimate of drug-likeness (QED) is 0.684. The second kappa shape index (κ2) is 5.06. The number of carbonyl (C=O) groups excluding carboxylic acids is 1. The Balaban J connectivity index is 2.49. The van der Waals surface area contributed by atoms with Gasteiger partial charge in [-0.3, -0.25) is 4.79 Å².